The van der Waals surface area contributed by atoms with Gasteiger partial charge >= 0.3 is 0 Å². The van der Waals surface area contributed by atoms with Crippen LogP contribution in [0, 0.1) is 0 Å². The molecule has 30 heavy (non-hydrogen) atoms. The van der Waals surface area contributed by atoms with Crippen LogP contribution in [0.15, 0.2) is 66.9 Å². The van der Waals surface area contributed by atoms with E-state index in [4.69, 9.17) is 4.74 Å². The lowest BCUT2D eigenvalue weighted by Gasteiger charge is -2.07. The van der Waals surface area contributed by atoms with E-state index in [-0.39, 0.29) is 0 Å². The fourth-order valence-corrected chi connectivity index (χ4v) is 2.96. The lowest BCUT2D eigenvalue weighted by Crippen LogP contribution is -2.05. The van der Waals surface area contributed by atoms with Crippen LogP contribution < -0.4 is 10.1 Å². The van der Waals surface area contributed by atoms with Crippen molar-refractivity contribution in [2.75, 3.05) is 11.9 Å². The molecule has 0 aliphatic heterocycles. The van der Waals surface area contributed by atoms with Crippen LogP contribution in [0.2, 0.25) is 0 Å². The van der Waals surface area contributed by atoms with Crippen molar-refractivity contribution in [1.29, 1.82) is 0 Å². The van der Waals surface area contributed by atoms with Crippen LogP contribution in [0.25, 0.3) is 22.5 Å². The van der Waals surface area contributed by atoms with Crippen LogP contribution in [-0.2, 0) is 6.54 Å². The van der Waals surface area contributed by atoms with E-state index in [9.17, 15) is 0 Å². The minimum absolute atomic E-state index is 0.458. The molecule has 0 aliphatic carbocycles. The Morgan fingerprint density at radius 2 is 1.83 bits per heavy atom. The summed E-state index contributed by atoms with van der Waals surface area (Å²) < 4.78 is 5.71. The molecule has 0 unspecified atom stereocenters. The Labute approximate surface area is 175 Å². The third-order valence-electron chi connectivity index (χ3n) is 4.62. The molecule has 2 heterocycles. The van der Waals surface area contributed by atoms with Gasteiger partial charge in [0.25, 0.3) is 0 Å². The first-order valence-electron chi connectivity index (χ1n) is 10.1. The van der Waals surface area contributed by atoms with Crippen molar-refractivity contribution in [1.82, 2.24) is 25.4 Å². The smallest absolute Gasteiger partial charge is 0.243 e. The summed E-state index contributed by atoms with van der Waals surface area (Å²) >= 11 is 0. The van der Waals surface area contributed by atoms with Gasteiger partial charge in [-0.05, 0) is 42.3 Å². The average Bonchev–Trinajstić information content (AvgIpc) is 3.28. The number of hydrogen-bond acceptors (Lipinski definition) is 6. The highest BCUT2D eigenvalue weighted by Gasteiger charge is 2.07. The Hall–Kier alpha value is -3.74. The number of unbranched alkanes of at least 4 members (excludes halogenated alkanes) is 1. The zero-order valence-electron chi connectivity index (χ0n) is 16.9. The van der Waals surface area contributed by atoms with Gasteiger partial charge in [-0.2, -0.15) is 10.2 Å². The van der Waals surface area contributed by atoms with E-state index in [1.165, 1.54) is 0 Å². The highest BCUT2D eigenvalue weighted by atomic mass is 16.5. The number of benzene rings is 2. The summed E-state index contributed by atoms with van der Waals surface area (Å²) in [5.41, 5.74) is 4.65. The molecule has 2 aromatic heterocycles. The second-order valence-corrected chi connectivity index (χ2v) is 6.88. The molecule has 7 nitrogen and oxygen atoms in total. The fourth-order valence-electron chi connectivity index (χ4n) is 2.96. The van der Waals surface area contributed by atoms with Crippen molar-refractivity contribution in [2.45, 2.75) is 26.3 Å². The van der Waals surface area contributed by atoms with Crippen LogP contribution in [0.3, 0.4) is 0 Å². The molecule has 0 fully saturated rings. The SMILES string of the molecule is CCCCOc1ccc(-c2cnnc(NCc3cc(-c4ccccc4)[nH]n3)n2)cc1. The molecule has 4 aromatic rings. The number of anilines is 1. The standard InChI is InChI=1S/C23H24N6O/c1-2-3-13-30-20-11-9-18(10-12-20)22-16-25-29-23(26-22)24-15-19-14-21(28-27-19)17-7-5-4-6-8-17/h4-12,14,16H,2-3,13,15H2,1H3,(H,27,28)(H,24,26,29). The second kappa shape index (κ2) is 9.65. The summed E-state index contributed by atoms with van der Waals surface area (Å²) in [6.45, 7) is 3.38. The normalized spacial score (nSPS) is 10.7. The zero-order valence-corrected chi connectivity index (χ0v) is 16.9. The van der Waals surface area contributed by atoms with E-state index in [1.54, 1.807) is 6.20 Å². The minimum atomic E-state index is 0.458. The maximum absolute atomic E-state index is 5.71. The third kappa shape index (κ3) is 5.00. The zero-order chi connectivity index (χ0) is 20.6. The number of nitrogens with one attached hydrogen (secondary N) is 2. The summed E-state index contributed by atoms with van der Waals surface area (Å²) in [4.78, 5) is 4.56. The van der Waals surface area contributed by atoms with Crippen molar-refractivity contribution in [3.05, 3.63) is 72.6 Å². The first-order chi connectivity index (χ1) is 14.8. The molecular formula is C23H24N6O. The number of aromatic nitrogens is 5. The number of rotatable bonds is 9. The summed E-state index contributed by atoms with van der Waals surface area (Å²) in [6.07, 6.45) is 3.82. The van der Waals surface area contributed by atoms with Crippen LogP contribution in [0.1, 0.15) is 25.5 Å². The quantitative estimate of drug-likeness (QED) is 0.395. The van der Waals surface area contributed by atoms with Crippen molar-refractivity contribution in [2.24, 2.45) is 0 Å². The fraction of sp³-hybridized carbons (Fsp3) is 0.217. The van der Waals surface area contributed by atoms with Gasteiger partial charge in [-0.1, -0.05) is 43.7 Å². The Morgan fingerprint density at radius 1 is 1.00 bits per heavy atom. The summed E-state index contributed by atoms with van der Waals surface area (Å²) in [5, 5.41) is 18.8. The highest BCUT2D eigenvalue weighted by molar-refractivity contribution is 5.60. The number of hydrogen-bond donors (Lipinski definition) is 2. The number of aromatic amines is 1. The number of ether oxygens (including phenoxy) is 1. The van der Waals surface area contributed by atoms with Gasteiger partial charge in [0.1, 0.15) is 5.75 Å². The van der Waals surface area contributed by atoms with Crippen LogP contribution >= 0.6 is 0 Å². The van der Waals surface area contributed by atoms with Crippen LogP contribution in [0.4, 0.5) is 5.95 Å². The van der Waals surface area contributed by atoms with Crippen molar-refractivity contribution in [3.63, 3.8) is 0 Å². The van der Waals surface area contributed by atoms with Gasteiger partial charge in [-0.25, -0.2) is 4.98 Å². The highest BCUT2D eigenvalue weighted by Crippen LogP contribution is 2.21. The lowest BCUT2D eigenvalue weighted by molar-refractivity contribution is 0.309. The predicted molar refractivity (Wildman–Crippen MR) is 117 cm³/mol. The van der Waals surface area contributed by atoms with Gasteiger partial charge in [0.05, 0.1) is 36.4 Å². The van der Waals surface area contributed by atoms with Crippen molar-refractivity contribution in [3.8, 4) is 28.3 Å². The largest absolute Gasteiger partial charge is 0.494 e. The summed E-state index contributed by atoms with van der Waals surface area (Å²) in [7, 11) is 0. The average molecular weight is 400 g/mol. The number of H-pyrrole nitrogens is 1. The van der Waals surface area contributed by atoms with Gasteiger partial charge < -0.3 is 10.1 Å². The van der Waals surface area contributed by atoms with Crippen LogP contribution in [0.5, 0.6) is 5.75 Å². The molecule has 0 saturated heterocycles. The molecule has 7 heteroatoms. The molecule has 0 saturated carbocycles. The lowest BCUT2D eigenvalue weighted by atomic mass is 10.1. The molecular weight excluding hydrogens is 376 g/mol. The Balaban J connectivity index is 1.38. The molecule has 0 atom stereocenters. The van der Waals surface area contributed by atoms with E-state index in [2.05, 4.69) is 37.6 Å². The minimum Gasteiger partial charge on any atom is -0.494 e. The monoisotopic (exact) mass is 400 g/mol. The van der Waals surface area contributed by atoms with E-state index in [0.29, 0.717) is 12.5 Å². The Kier molecular flexibility index (Phi) is 6.29. The molecule has 4 rings (SSSR count). The van der Waals surface area contributed by atoms with E-state index in [0.717, 1.165) is 53.4 Å². The Bertz CT molecular complexity index is 1060. The molecule has 2 N–H and O–H groups in total. The van der Waals surface area contributed by atoms with Gasteiger partial charge in [0.15, 0.2) is 0 Å². The molecule has 152 valence electrons. The van der Waals surface area contributed by atoms with Crippen molar-refractivity contribution < 1.29 is 4.74 Å². The molecule has 0 spiro atoms. The Morgan fingerprint density at radius 3 is 2.63 bits per heavy atom. The number of nitrogens with zero attached hydrogens (tertiary/aromatic N) is 4. The van der Waals surface area contributed by atoms with Gasteiger partial charge in [-0.3, -0.25) is 5.10 Å². The van der Waals surface area contributed by atoms with E-state index < -0.39 is 0 Å². The predicted octanol–water partition coefficient (Wildman–Crippen LogP) is 4.72. The van der Waals surface area contributed by atoms with Crippen molar-refractivity contribution >= 4 is 5.95 Å². The van der Waals surface area contributed by atoms with E-state index >= 15 is 0 Å². The molecule has 2 aromatic carbocycles. The van der Waals surface area contributed by atoms with Gasteiger partial charge in [0.2, 0.25) is 5.95 Å². The molecule has 0 radical (unpaired) electrons. The first-order valence-corrected chi connectivity index (χ1v) is 10.1. The van der Waals surface area contributed by atoms with Crippen LogP contribution in [-0.4, -0.2) is 32.0 Å². The summed E-state index contributed by atoms with van der Waals surface area (Å²) in [5.74, 6) is 1.32. The maximum Gasteiger partial charge on any atom is 0.243 e. The molecule has 0 amide bonds. The third-order valence-corrected chi connectivity index (χ3v) is 4.62. The van der Waals surface area contributed by atoms with E-state index in [1.807, 2.05) is 60.7 Å². The van der Waals surface area contributed by atoms with Gasteiger partial charge in [0, 0.05) is 5.56 Å². The van der Waals surface area contributed by atoms with Gasteiger partial charge in [-0.15, -0.1) is 5.10 Å². The molecule has 0 aliphatic rings. The first kappa shape index (κ1) is 19.6. The topological polar surface area (TPSA) is 88.6 Å². The summed E-state index contributed by atoms with van der Waals surface area (Å²) in [6, 6.07) is 20.0. The maximum atomic E-state index is 5.71. The molecule has 0 bridgehead atoms. The second-order valence-electron chi connectivity index (χ2n) is 6.88.